The molecule has 3 amide bonds. The molecule has 2 fully saturated rings. The van der Waals surface area contributed by atoms with Gasteiger partial charge in [0, 0.05) is 0 Å². The number of hydrogen-bond acceptors (Lipinski definition) is 3. The number of rotatable bonds is 3. The molecular weight excluding hydrogens is 266 g/mol. The van der Waals surface area contributed by atoms with Gasteiger partial charge in [-0.25, -0.2) is 9.69 Å². The lowest BCUT2D eigenvalue weighted by atomic mass is 9.92. The summed E-state index contributed by atoms with van der Waals surface area (Å²) in [5, 5.41) is 2.85. The fourth-order valence-electron chi connectivity index (χ4n) is 3.09. The Hall–Kier alpha value is -1.88. The van der Waals surface area contributed by atoms with E-state index in [2.05, 4.69) is 10.2 Å². The molecule has 2 heterocycles. The first kappa shape index (κ1) is 14.1. The fraction of sp³-hybridized carbons (Fsp3) is 0.500. The number of hydrogen-bond donors (Lipinski definition) is 1. The van der Waals surface area contributed by atoms with Gasteiger partial charge in [-0.15, -0.1) is 0 Å². The molecule has 112 valence electrons. The monoisotopic (exact) mass is 287 g/mol. The highest BCUT2D eigenvalue weighted by molar-refractivity contribution is 6.07. The molecule has 1 N–H and O–H groups in total. The topological polar surface area (TPSA) is 52.7 Å². The Labute approximate surface area is 124 Å². The predicted molar refractivity (Wildman–Crippen MR) is 79.5 cm³/mol. The smallest absolute Gasteiger partial charge is 0.319 e. The van der Waals surface area contributed by atoms with E-state index in [1.807, 2.05) is 30.3 Å². The SMILES string of the molecule is C[C@@]1(c2ccccc2)NC(=O)N(CN2CCCCC2)C1=O. The number of likely N-dealkylation sites (tertiary alicyclic amines) is 1. The van der Waals surface area contributed by atoms with Crippen LogP contribution in [0.15, 0.2) is 30.3 Å². The first-order valence-electron chi connectivity index (χ1n) is 7.53. The molecule has 21 heavy (non-hydrogen) atoms. The summed E-state index contributed by atoms with van der Waals surface area (Å²) in [5.41, 5.74) is -0.127. The van der Waals surface area contributed by atoms with Crippen molar-refractivity contribution in [3.63, 3.8) is 0 Å². The van der Waals surface area contributed by atoms with E-state index in [1.165, 1.54) is 11.3 Å². The van der Waals surface area contributed by atoms with E-state index in [-0.39, 0.29) is 11.9 Å². The number of carbonyl (C=O) groups excluding carboxylic acids is 2. The Balaban J connectivity index is 1.78. The van der Waals surface area contributed by atoms with Crippen molar-refractivity contribution in [3.8, 4) is 0 Å². The van der Waals surface area contributed by atoms with Gasteiger partial charge >= 0.3 is 6.03 Å². The van der Waals surface area contributed by atoms with Gasteiger partial charge in [-0.1, -0.05) is 36.8 Å². The standard InChI is InChI=1S/C16H21N3O2/c1-16(13-8-4-2-5-9-13)14(20)19(15(21)17-16)12-18-10-6-3-7-11-18/h2,4-5,8-9H,3,6-7,10-12H2,1H3,(H,17,21)/t16-/m0/s1. The molecule has 2 aliphatic rings. The maximum absolute atomic E-state index is 12.7. The largest absolute Gasteiger partial charge is 0.326 e. The molecule has 5 heteroatoms. The van der Waals surface area contributed by atoms with Gasteiger partial charge in [-0.2, -0.15) is 0 Å². The number of nitrogens with one attached hydrogen (secondary N) is 1. The second kappa shape index (κ2) is 5.48. The number of nitrogens with zero attached hydrogens (tertiary/aromatic N) is 2. The van der Waals surface area contributed by atoms with Crippen LogP contribution in [0, 0.1) is 0 Å². The summed E-state index contributed by atoms with van der Waals surface area (Å²) in [7, 11) is 0. The van der Waals surface area contributed by atoms with E-state index < -0.39 is 5.54 Å². The maximum Gasteiger partial charge on any atom is 0.326 e. The minimum Gasteiger partial charge on any atom is -0.319 e. The first-order valence-corrected chi connectivity index (χ1v) is 7.53. The van der Waals surface area contributed by atoms with Crippen molar-refractivity contribution in [1.82, 2.24) is 15.1 Å². The highest BCUT2D eigenvalue weighted by atomic mass is 16.2. The van der Waals surface area contributed by atoms with Crippen molar-refractivity contribution in [2.75, 3.05) is 19.8 Å². The lowest BCUT2D eigenvalue weighted by Gasteiger charge is -2.30. The molecule has 0 radical (unpaired) electrons. The highest BCUT2D eigenvalue weighted by Gasteiger charge is 2.49. The highest BCUT2D eigenvalue weighted by Crippen LogP contribution is 2.28. The number of carbonyl (C=O) groups is 2. The third-order valence-electron chi connectivity index (χ3n) is 4.42. The van der Waals surface area contributed by atoms with Crippen LogP contribution < -0.4 is 5.32 Å². The van der Waals surface area contributed by atoms with E-state index >= 15 is 0 Å². The minimum absolute atomic E-state index is 0.163. The van der Waals surface area contributed by atoms with Gasteiger partial charge in [0.05, 0.1) is 6.67 Å². The fourth-order valence-corrected chi connectivity index (χ4v) is 3.09. The van der Waals surface area contributed by atoms with Crippen molar-refractivity contribution >= 4 is 11.9 Å². The van der Waals surface area contributed by atoms with E-state index in [1.54, 1.807) is 6.92 Å². The summed E-state index contributed by atoms with van der Waals surface area (Å²) in [6.07, 6.45) is 3.51. The van der Waals surface area contributed by atoms with Crippen LogP contribution in [0.3, 0.4) is 0 Å². The Morgan fingerprint density at radius 2 is 1.76 bits per heavy atom. The molecule has 1 aromatic rings. The van der Waals surface area contributed by atoms with Crippen molar-refractivity contribution in [2.24, 2.45) is 0 Å². The van der Waals surface area contributed by atoms with Crippen LogP contribution in [-0.4, -0.2) is 41.5 Å². The van der Waals surface area contributed by atoms with E-state index in [9.17, 15) is 9.59 Å². The maximum atomic E-state index is 12.7. The van der Waals surface area contributed by atoms with Gasteiger partial charge in [-0.3, -0.25) is 9.69 Å². The normalized spacial score (nSPS) is 27.0. The van der Waals surface area contributed by atoms with E-state index in [4.69, 9.17) is 0 Å². The van der Waals surface area contributed by atoms with Crippen molar-refractivity contribution in [1.29, 1.82) is 0 Å². The molecule has 2 aliphatic heterocycles. The summed E-state index contributed by atoms with van der Waals surface area (Å²) in [6.45, 7) is 4.09. The van der Waals surface area contributed by atoms with Crippen LogP contribution in [0.5, 0.6) is 0 Å². The minimum atomic E-state index is -0.950. The Kier molecular flexibility index (Phi) is 3.68. The molecule has 0 unspecified atom stereocenters. The van der Waals surface area contributed by atoms with Gasteiger partial charge in [0.2, 0.25) is 0 Å². The van der Waals surface area contributed by atoms with E-state index in [0.717, 1.165) is 31.5 Å². The number of benzene rings is 1. The Bertz CT molecular complexity index is 540. The van der Waals surface area contributed by atoms with Crippen molar-refractivity contribution < 1.29 is 9.59 Å². The van der Waals surface area contributed by atoms with Crippen LogP contribution >= 0.6 is 0 Å². The summed E-state index contributed by atoms with van der Waals surface area (Å²) in [4.78, 5) is 28.5. The zero-order valence-electron chi connectivity index (χ0n) is 12.3. The van der Waals surface area contributed by atoms with Gasteiger partial charge in [0.15, 0.2) is 0 Å². The summed E-state index contributed by atoms with van der Waals surface area (Å²) in [5.74, 6) is -0.163. The molecule has 0 saturated carbocycles. The second-order valence-electron chi connectivity index (χ2n) is 5.97. The molecule has 0 aromatic heterocycles. The zero-order chi connectivity index (χ0) is 14.9. The van der Waals surface area contributed by atoms with Gasteiger partial charge in [-0.05, 0) is 38.4 Å². The lowest BCUT2D eigenvalue weighted by Crippen LogP contribution is -2.45. The van der Waals surface area contributed by atoms with Crippen LogP contribution in [0.2, 0.25) is 0 Å². The van der Waals surface area contributed by atoms with Gasteiger partial charge < -0.3 is 5.32 Å². The van der Waals surface area contributed by atoms with Crippen LogP contribution in [0.1, 0.15) is 31.7 Å². The average Bonchev–Trinajstić information content (AvgIpc) is 2.74. The first-order chi connectivity index (χ1) is 10.1. The molecule has 0 aliphatic carbocycles. The number of piperidine rings is 1. The lowest BCUT2D eigenvalue weighted by molar-refractivity contribution is -0.132. The second-order valence-corrected chi connectivity index (χ2v) is 5.97. The molecule has 5 nitrogen and oxygen atoms in total. The quantitative estimate of drug-likeness (QED) is 0.864. The van der Waals surface area contributed by atoms with Crippen LogP contribution in [-0.2, 0) is 10.3 Å². The molecule has 0 bridgehead atoms. The molecule has 3 rings (SSSR count). The van der Waals surface area contributed by atoms with Crippen molar-refractivity contribution in [2.45, 2.75) is 31.7 Å². The molecular formula is C16H21N3O2. The predicted octanol–water partition coefficient (Wildman–Crippen LogP) is 1.90. The summed E-state index contributed by atoms with van der Waals surface area (Å²) >= 11 is 0. The summed E-state index contributed by atoms with van der Waals surface area (Å²) in [6, 6.07) is 9.13. The van der Waals surface area contributed by atoms with Crippen LogP contribution in [0.4, 0.5) is 4.79 Å². The third kappa shape index (κ3) is 2.53. The Morgan fingerprint density at radius 1 is 1.10 bits per heavy atom. The average molecular weight is 287 g/mol. The number of urea groups is 1. The molecule has 2 saturated heterocycles. The molecule has 0 spiro atoms. The molecule has 1 aromatic carbocycles. The number of amides is 3. The number of imide groups is 1. The van der Waals surface area contributed by atoms with Crippen molar-refractivity contribution in [3.05, 3.63) is 35.9 Å². The third-order valence-corrected chi connectivity index (χ3v) is 4.42. The zero-order valence-corrected chi connectivity index (χ0v) is 12.3. The molecule has 1 atom stereocenters. The Morgan fingerprint density at radius 3 is 2.43 bits per heavy atom. The van der Waals surface area contributed by atoms with Crippen LogP contribution in [0.25, 0.3) is 0 Å². The van der Waals surface area contributed by atoms with Gasteiger partial charge in [0.1, 0.15) is 5.54 Å². The van der Waals surface area contributed by atoms with E-state index in [0.29, 0.717) is 6.67 Å². The van der Waals surface area contributed by atoms with Gasteiger partial charge in [0.25, 0.3) is 5.91 Å². The summed E-state index contributed by atoms with van der Waals surface area (Å²) < 4.78 is 0.